The number of allylic oxidation sites excluding steroid dienone is 2. The monoisotopic (exact) mass is 474 g/mol. The predicted molar refractivity (Wildman–Crippen MR) is 133 cm³/mol. The van der Waals surface area contributed by atoms with E-state index in [1.807, 2.05) is 13.0 Å². The lowest BCUT2D eigenvalue weighted by molar-refractivity contribution is -0.122. The van der Waals surface area contributed by atoms with Crippen molar-refractivity contribution in [1.29, 1.82) is 0 Å². The maximum absolute atomic E-state index is 12.9. The Morgan fingerprint density at radius 3 is 2.29 bits per heavy atom. The van der Waals surface area contributed by atoms with Crippen molar-refractivity contribution in [2.45, 2.75) is 46.0 Å². The van der Waals surface area contributed by atoms with Crippen molar-refractivity contribution in [3.63, 3.8) is 0 Å². The van der Waals surface area contributed by atoms with Gasteiger partial charge in [-0.15, -0.1) is 0 Å². The SMILES string of the molecule is CCCCCOC(=O)c1ccc(NC(=O)c2ccc(N3C(=O)[C@H]4CC=C(C)C[C@@H]4C3=O)cc2)cc1. The molecule has 0 aromatic heterocycles. The standard InChI is InChI=1S/C28H30N2O5/c1-3-4-5-16-35-28(34)20-7-11-21(12-8-20)29-25(31)19-9-13-22(14-10-19)30-26(32)23-15-6-18(2)17-24(23)27(30)33/h6-14,23-24H,3-5,15-17H2,1-2H3,(H,29,31)/t23-,24-/m0/s1. The lowest BCUT2D eigenvalue weighted by Gasteiger charge is -2.18. The van der Waals surface area contributed by atoms with E-state index in [0.717, 1.165) is 24.8 Å². The fourth-order valence-electron chi connectivity index (χ4n) is 4.55. The number of nitrogens with one attached hydrogen (secondary N) is 1. The summed E-state index contributed by atoms with van der Waals surface area (Å²) in [5.74, 6) is -1.67. The lowest BCUT2D eigenvalue weighted by Crippen LogP contribution is -2.30. The molecule has 2 aromatic rings. The van der Waals surface area contributed by atoms with Crippen LogP contribution in [0.15, 0.2) is 60.2 Å². The maximum atomic E-state index is 12.9. The molecule has 0 saturated carbocycles. The van der Waals surface area contributed by atoms with Crippen molar-refractivity contribution in [2.24, 2.45) is 11.8 Å². The van der Waals surface area contributed by atoms with Crippen molar-refractivity contribution in [2.75, 3.05) is 16.8 Å². The molecule has 0 spiro atoms. The number of benzene rings is 2. The summed E-state index contributed by atoms with van der Waals surface area (Å²) in [6.45, 7) is 4.47. The highest BCUT2D eigenvalue weighted by Gasteiger charge is 2.48. The first-order chi connectivity index (χ1) is 16.9. The third-order valence-corrected chi connectivity index (χ3v) is 6.57. The van der Waals surface area contributed by atoms with Crippen LogP contribution in [0.2, 0.25) is 0 Å². The second-order valence-electron chi connectivity index (χ2n) is 9.14. The number of hydrogen-bond acceptors (Lipinski definition) is 5. The van der Waals surface area contributed by atoms with E-state index in [0.29, 0.717) is 42.0 Å². The van der Waals surface area contributed by atoms with Crippen LogP contribution in [0.25, 0.3) is 0 Å². The summed E-state index contributed by atoms with van der Waals surface area (Å²) in [6.07, 6.45) is 6.15. The number of hydrogen-bond donors (Lipinski definition) is 1. The summed E-state index contributed by atoms with van der Waals surface area (Å²) in [5.41, 5.74) is 2.97. The van der Waals surface area contributed by atoms with E-state index in [9.17, 15) is 19.2 Å². The van der Waals surface area contributed by atoms with Gasteiger partial charge in [0.2, 0.25) is 11.8 Å². The molecule has 7 nitrogen and oxygen atoms in total. The number of unbranched alkanes of at least 4 members (excludes halogenated alkanes) is 2. The molecule has 0 radical (unpaired) electrons. The fraction of sp³-hybridized carbons (Fsp3) is 0.357. The Hall–Kier alpha value is -3.74. The van der Waals surface area contributed by atoms with Gasteiger partial charge in [0.05, 0.1) is 29.7 Å². The Morgan fingerprint density at radius 2 is 1.60 bits per heavy atom. The van der Waals surface area contributed by atoms with Crippen molar-refractivity contribution in [1.82, 2.24) is 0 Å². The second kappa shape index (κ2) is 10.7. The summed E-state index contributed by atoms with van der Waals surface area (Å²) >= 11 is 0. The Balaban J connectivity index is 1.36. The molecular formula is C28H30N2O5. The van der Waals surface area contributed by atoms with Gasteiger partial charge in [0.15, 0.2) is 0 Å². The molecule has 3 amide bonds. The van der Waals surface area contributed by atoms with Crippen LogP contribution in [0.5, 0.6) is 0 Å². The molecule has 2 aromatic carbocycles. The van der Waals surface area contributed by atoms with Gasteiger partial charge in [-0.25, -0.2) is 4.79 Å². The van der Waals surface area contributed by atoms with Gasteiger partial charge in [0, 0.05) is 11.3 Å². The quantitative estimate of drug-likeness (QED) is 0.248. The second-order valence-corrected chi connectivity index (χ2v) is 9.14. The average molecular weight is 475 g/mol. The van der Waals surface area contributed by atoms with E-state index in [-0.39, 0.29) is 35.5 Å². The first-order valence-corrected chi connectivity index (χ1v) is 12.1. The van der Waals surface area contributed by atoms with E-state index in [2.05, 4.69) is 12.2 Å². The van der Waals surface area contributed by atoms with Gasteiger partial charge >= 0.3 is 5.97 Å². The van der Waals surface area contributed by atoms with Gasteiger partial charge < -0.3 is 10.1 Å². The highest BCUT2D eigenvalue weighted by Crippen LogP contribution is 2.39. The third kappa shape index (κ3) is 5.34. The molecule has 0 unspecified atom stereocenters. The number of nitrogens with zero attached hydrogens (tertiary/aromatic N) is 1. The molecule has 2 aliphatic rings. The minimum atomic E-state index is -0.383. The first-order valence-electron chi connectivity index (χ1n) is 12.1. The van der Waals surface area contributed by atoms with Gasteiger partial charge in [0.1, 0.15) is 0 Å². The Labute approximate surface area is 205 Å². The third-order valence-electron chi connectivity index (χ3n) is 6.57. The van der Waals surface area contributed by atoms with Crippen LogP contribution in [-0.2, 0) is 14.3 Å². The zero-order valence-electron chi connectivity index (χ0n) is 20.1. The number of amides is 3. The predicted octanol–water partition coefficient (Wildman–Crippen LogP) is 5.13. The van der Waals surface area contributed by atoms with E-state index in [1.54, 1.807) is 48.5 Å². The zero-order valence-corrected chi connectivity index (χ0v) is 20.1. The number of carbonyl (C=O) groups excluding carboxylic acids is 4. The van der Waals surface area contributed by atoms with E-state index >= 15 is 0 Å². The van der Waals surface area contributed by atoms with Gasteiger partial charge in [-0.1, -0.05) is 31.4 Å². The lowest BCUT2D eigenvalue weighted by atomic mass is 9.82. The summed E-state index contributed by atoms with van der Waals surface area (Å²) in [7, 11) is 0. The fourth-order valence-corrected chi connectivity index (χ4v) is 4.55. The number of fused-ring (bicyclic) bond motifs is 1. The first kappa shape index (κ1) is 24.4. The summed E-state index contributed by atoms with van der Waals surface area (Å²) in [5, 5.41) is 2.79. The van der Waals surface area contributed by atoms with Crippen LogP contribution in [0.4, 0.5) is 11.4 Å². The highest BCUT2D eigenvalue weighted by atomic mass is 16.5. The maximum Gasteiger partial charge on any atom is 0.338 e. The largest absolute Gasteiger partial charge is 0.462 e. The number of imide groups is 1. The van der Waals surface area contributed by atoms with Gasteiger partial charge in [-0.2, -0.15) is 0 Å². The number of esters is 1. The zero-order chi connectivity index (χ0) is 24.9. The molecule has 1 N–H and O–H groups in total. The molecule has 0 bridgehead atoms. The van der Waals surface area contributed by atoms with Crippen LogP contribution >= 0.6 is 0 Å². The van der Waals surface area contributed by atoms with Crippen molar-refractivity contribution in [3.05, 3.63) is 71.3 Å². The summed E-state index contributed by atoms with van der Waals surface area (Å²) < 4.78 is 5.24. The molecule has 7 heteroatoms. The normalized spacial score (nSPS) is 19.3. The van der Waals surface area contributed by atoms with Gasteiger partial charge in [0.25, 0.3) is 5.91 Å². The van der Waals surface area contributed by atoms with Gasteiger partial charge in [-0.05, 0) is 74.7 Å². The van der Waals surface area contributed by atoms with Crippen LogP contribution in [0.3, 0.4) is 0 Å². The topological polar surface area (TPSA) is 92.8 Å². The molecule has 1 aliphatic heterocycles. The average Bonchev–Trinajstić information content (AvgIpc) is 3.11. The van der Waals surface area contributed by atoms with Crippen LogP contribution in [0, 0.1) is 11.8 Å². The molecule has 4 rings (SSSR count). The molecule has 35 heavy (non-hydrogen) atoms. The molecule has 1 aliphatic carbocycles. The van der Waals surface area contributed by atoms with Crippen LogP contribution in [-0.4, -0.2) is 30.3 Å². The molecule has 1 heterocycles. The minimum Gasteiger partial charge on any atom is -0.462 e. The summed E-state index contributed by atoms with van der Waals surface area (Å²) in [4.78, 5) is 51.7. The Bertz CT molecular complexity index is 1150. The smallest absolute Gasteiger partial charge is 0.338 e. The number of ether oxygens (including phenoxy) is 1. The van der Waals surface area contributed by atoms with Crippen molar-refractivity contribution < 1.29 is 23.9 Å². The summed E-state index contributed by atoms with van der Waals surface area (Å²) in [6, 6.07) is 13.0. The van der Waals surface area contributed by atoms with Crippen molar-refractivity contribution in [3.8, 4) is 0 Å². The minimum absolute atomic E-state index is 0.173. The Morgan fingerprint density at radius 1 is 0.943 bits per heavy atom. The molecule has 182 valence electrons. The van der Waals surface area contributed by atoms with Crippen molar-refractivity contribution >= 4 is 35.1 Å². The number of anilines is 2. The van der Waals surface area contributed by atoms with Crippen LogP contribution < -0.4 is 10.2 Å². The van der Waals surface area contributed by atoms with E-state index in [4.69, 9.17) is 4.74 Å². The van der Waals surface area contributed by atoms with E-state index in [1.165, 1.54) is 4.90 Å². The Kier molecular flexibility index (Phi) is 7.44. The molecule has 1 saturated heterocycles. The number of rotatable bonds is 8. The molecule has 2 atom stereocenters. The van der Waals surface area contributed by atoms with Crippen LogP contribution in [0.1, 0.15) is 66.7 Å². The highest BCUT2D eigenvalue weighted by molar-refractivity contribution is 6.22. The number of carbonyl (C=O) groups is 4. The molecule has 1 fully saturated rings. The van der Waals surface area contributed by atoms with E-state index < -0.39 is 0 Å². The van der Waals surface area contributed by atoms with Gasteiger partial charge in [-0.3, -0.25) is 19.3 Å². The molecular weight excluding hydrogens is 444 g/mol.